The third kappa shape index (κ3) is 1.68. The van der Waals surface area contributed by atoms with Gasteiger partial charge in [0.25, 0.3) is 0 Å². The molecule has 0 spiro atoms. The average Bonchev–Trinajstić information content (AvgIpc) is 2.50. The van der Waals surface area contributed by atoms with E-state index >= 15 is 0 Å². The zero-order valence-electron chi connectivity index (χ0n) is 10.0. The minimum atomic E-state index is 0.690. The second-order valence-electron chi connectivity index (χ2n) is 4.43. The molecule has 2 aromatic rings. The third-order valence-corrected chi connectivity index (χ3v) is 3.27. The van der Waals surface area contributed by atoms with E-state index < -0.39 is 0 Å². The number of fused-ring (bicyclic) bond motifs is 3. The van der Waals surface area contributed by atoms with Crippen molar-refractivity contribution in [1.29, 1.82) is 0 Å². The van der Waals surface area contributed by atoms with Gasteiger partial charge >= 0.3 is 0 Å². The number of nitrogens with zero attached hydrogens (tertiary/aromatic N) is 2. The third-order valence-electron chi connectivity index (χ3n) is 3.27. The molecule has 0 atom stereocenters. The van der Waals surface area contributed by atoms with Gasteiger partial charge in [0, 0.05) is 23.7 Å². The largest absolute Gasteiger partial charge is 0.493 e. The Morgan fingerprint density at radius 2 is 2.00 bits per heavy atom. The minimum absolute atomic E-state index is 0.690. The lowest BCUT2D eigenvalue weighted by atomic mass is 10.0. The SMILES string of the molecule is Cc1cc2c(cc1C)-c1ncncc1CCO2. The number of rotatable bonds is 0. The molecule has 3 rings (SSSR count). The van der Waals surface area contributed by atoms with Gasteiger partial charge in [-0.3, -0.25) is 0 Å². The van der Waals surface area contributed by atoms with Crippen molar-refractivity contribution in [2.45, 2.75) is 20.3 Å². The molecule has 2 heterocycles. The lowest BCUT2D eigenvalue weighted by Gasteiger charge is -2.10. The summed E-state index contributed by atoms with van der Waals surface area (Å²) in [6.07, 6.45) is 4.35. The fourth-order valence-electron chi connectivity index (χ4n) is 2.15. The first-order chi connectivity index (χ1) is 8.25. The summed E-state index contributed by atoms with van der Waals surface area (Å²) in [6.45, 7) is 4.90. The highest BCUT2D eigenvalue weighted by atomic mass is 16.5. The predicted octanol–water partition coefficient (Wildman–Crippen LogP) is 2.70. The molecule has 0 radical (unpaired) electrons. The average molecular weight is 226 g/mol. The zero-order valence-corrected chi connectivity index (χ0v) is 10.0. The van der Waals surface area contributed by atoms with Crippen molar-refractivity contribution in [2.24, 2.45) is 0 Å². The Balaban J connectivity index is 2.28. The van der Waals surface area contributed by atoms with Crippen LogP contribution in [-0.4, -0.2) is 16.6 Å². The normalized spacial score (nSPS) is 13.3. The molecule has 1 aliphatic rings. The Morgan fingerprint density at radius 3 is 2.88 bits per heavy atom. The van der Waals surface area contributed by atoms with Crippen LogP contribution in [0.15, 0.2) is 24.7 Å². The molecule has 0 unspecified atom stereocenters. The summed E-state index contributed by atoms with van der Waals surface area (Å²) >= 11 is 0. The lowest BCUT2D eigenvalue weighted by molar-refractivity contribution is 0.326. The maximum atomic E-state index is 5.80. The Bertz CT molecular complexity index is 578. The van der Waals surface area contributed by atoms with E-state index in [1.54, 1.807) is 6.33 Å². The topological polar surface area (TPSA) is 35.0 Å². The van der Waals surface area contributed by atoms with Crippen LogP contribution in [0.25, 0.3) is 11.3 Å². The van der Waals surface area contributed by atoms with Gasteiger partial charge in [0.2, 0.25) is 0 Å². The molecule has 0 saturated heterocycles. The van der Waals surface area contributed by atoms with Crippen LogP contribution in [0.5, 0.6) is 5.75 Å². The van der Waals surface area contributed by atoms with Crippen LogP contribution in [0.3, 0.4) is 0 Å². The smallest absolute Gasteiger partial charge is 0.128 e. The van der Waals surface area contributed by atoms with Crippen molar-refractivity contribution >= 4 is 0 Å². The summed E-state index contributed by atoms with van der Waals surface area (Å²) in [6, 6.07) is 4.25. The Morgan fingerprint density at radius 1 is 1.18 bits per heavy atom. The maximum Gasteiger partial charge on any atom is 0.128 e. The van der Waals surface area contributed by atoms with Gasteiger partial charge in [-0.1, -0.05) is 0 Å². The van der Waals surface area contributed by atoms with E-state index in [-0.39, 0.29) is 0 Å². The molecule has 1 aromatic carbocycles. The van der Waals surface area contributed by atoms with E-state index in [9.17, 15) is 0 Å². The molecule has 0 amide bonds. The van der Waals surface area contributed by atoms with Crippen LogP contribution in [0, 0.1) is 13.8 Å². The van der Waals surface area contributed by atoms with E-state index in [2.05, 4.69) is 35.9 Å². The van der Waals surface area contributed by atoms with Crippen molar-refractivity contribution in [1.82, 2.24) is 9.97 Å². The van der Waals surface area contributed by atoms with Crippen LogP contribution < -0.4 is 4.74 Å². The van der Waals surface area contributed by atoms with Crippen molar-refractivity contribution in [3.05, 3.63) is 41.3 Å². The molecule has 0 aliphatic carbocycles. The Labute approximate surface area is 100 Å². The quantitative estimate of drug-likeness (QED) is 0.692. The highest BCUT2D eigenvalue weighted by Gasteiger charge is 2.17. The second-order valence-corrected chi connectivity index (χ2v) is 4.43. The molecule has 17 heavy (non-hydrogen) atoms. The number of ether oxygens (including phenoxy) is 1. The van der Waals surface area contributed by atoms with Gasteiger partial charge in [-0.05, 0) is 37.1 Å². The van der Waals surface area contributed by atoms with Gasteiger partial charge in [-0.2, -0.15) is 0 Å². The first kappa shape index (κ1) is 10.3. The number of hydrogen-bond donors (Lipinski definition) is 0. The summed E-state index contributed by atoms with van der Waals surface area (Å²) in [5.74, 6) is 0.936. The standard InChI is InChI=1S/C14H14N2O/c1-9-5-12-13(6-10(9)2)17-4-3-11-7-15-8-16-14(11)12/h5-8H,3-4H2,1-2H3. The number of aryl methyl sites for hydroxylation is 2. The number of benzene rings is 1. The highest BCUT2D eigenvalue weighted by Crippen LogP contribution is 2.35. The van der Waals surface area contributed by atoms with Crippen molar-refractivity contribution in [3.8, 4) is 17.0 Å². The van der Waals surface area contributed by atoms with Gasteiger partial charge in [0.15, 0.2) is 0 Å². The summed E-state index contributed by atoms with van der Waals surface area (Å²) in [5, 5.41) is 0. The van der Waals surface area contributed by atoms with Gasteiger partial charge in [0.1, 0.15) is 12.1 Å². The summed E-state index contributed by atoms with van der Waals surface area (Å²) in [5.41, 5.74) is 5.77. The first-order valence-corrected chi connectivity index (χ1v) is 5.79. The monoisotopic (exact) mass is 226 g/mol. The molecule has 3 heteroatoms. The van der Waals surface area contributed by atoms with Crippen LogP contribution >= 0.6 is 0 Å². The van der Waals surface area contributed by atoms with E-state index in [1.807, 2.05) is 6.20 Å². The lowest BCUT2D eigenvalue weighted by Crippen LogP contribution is -1.99. The summed E-state index contributed by atoms with van der Waals surface area (Å²) in [7, 11) is 0. The molecule has 0 bridgehead atoms. The predicted molar refractivity (Wildman–Crippen MR) is 66.1 cm³/mol. The summed E-state index contributed by atoms with van der Waals surface area (Å²) < 4.78 is 5.80. The van der Waals surface area contributed by atoms with Crippen molar-refractivity contribution in [3.63, 3.8) is 0 Å². The molecule has 3 nitrogen and oxygen atoms in total. The number of aromatic nitrogens is 2. The van der Waals surface area contributed by atoms with E-state index in [0.29, 0.717) is 6.61 Å². The highest BCUT2D eigenvalue weighted by molar-refractivity contribution is 5.72. The molecule has 0 N–H and O–H groups in total. The first-order valence-electron chi connectivity index (χ1n) is 5.79. The Kier molecular flexibility index (Phi) is 2.32. The van der Waals surface area contributed by atoms with E-state index in [1.165, 1.54) is 11.1 Å². The van der Waals surface area contributed by atoms with E-state index in [4.69, 9.17) is 4.74 Å². The van der Waals surface area contributed by atoms with Crippen LogP contribution in [0.4, 0.5) is 0 Å². The molecule has 0 saturated carbocycles. The van der Waals surface area contributed by atoms with E-state index in [0.717, 1.165) is 29.0 Å². The van der Waals surface area contributed by atoms with Crippen LogP contribution in [0.1, 0.15) is 16.7 Å². The second kappa shape index (κ2) is 3.84. The molecule has 86 valence electrons. The number of hydrogen-bond acceptors (Lipinski definition) is 3. The van der Waals surface area contributed by atoms with Gasteiger partial charge in [-0.25, -0.2) is 9.97 Å². The summed E-state index contributed by atoms with van der Waals surface area (Å²) in [4.78, 5) is 8.49. The van der Waals surface area contributed by atoms with Gasteiger partial charge < -0.3 is 4.74 Å². The van der Waals surface area contributed by atoms with Crippen molar-refractivity contribution in [2.75, 3.05) is 6.61 Å². The fraction of sp³-hybridized carbons (Fsp3) is 0.286. The zero-order chi connectivity index (χ0) is 11.8. The molecule has 0 fully saturated rings. The van der Waals surface area contributed by atoms with Gasteiger partial charge in [0.05, 0.1) is 12.3 Å². The Hall–Kier alpha value is -1.90. The van der Waals surface area contributed by atoms with Gasteiger partial charge in [-0.15, -0.1) is 0 Å². The molecular weight excluding hydrogens is 212 g/mol. The maximum absolute atomic E-state index is 5.80. The fourth-order valence-corrected chi connectivity index (χ4v) is 2.15. The minimum Gasteiger partial charge on any atom is -0.493 e. The molecular formula is C14H14N2O. The molecule has 1 aromatic heterocycles. The molecule has 1 aliphatic heterocycles. The van der Waals surface area contributed by atoms with Crippen LogP contribution in [0.2, 0.25) is 0 Å². The van der Waals surface area contributed by atoms with Crippen LogP contribution in [-0.2, 0) is 6.42 Å². The van der Waals surface area contributed by atoms with Crippen molar-refractivity contribution < 1.29 is 4.74 Å².